The van der Waals surface area contributed by atoms with E-state index in [1.165, 1.54) is 0 Å². The lowest BCUT2D eigenvalue weighted by atomic mass is 9.80. The van der Waals surface area contributed by atoms with Gasteiger partial charge < -0.3 is 19.6 Å². The van der Waals surface area contributed by atoms with E-state index in [0.29, 0.717) is 11.2 Å². The van der Waals surface area contributed by atoms with Gasteiger partial charge in [-0.25, -0.2) is 0 Å². The summed E-state index contributed by atoms with van der Waals surface area (Å²) < 4.78 is 6.13. The summed E-state index contributed by atoms with van der Waals surface area (Å²) in [4.78, 5) is 10.5. The van der Waals surface area contributed by atoms with Crippen LogP contribution in [0.4, 0.5) is 0 Å². The molecule has 130 valence electrons. The summed E-state index contributed by atoms with van der Waals surface area (Å²) in [6.45, 7) is 14.5. The highest BCUT2D eigenvalue weighted by Crippen LogP contribution is 2.44. The van der Waals surface area contributed by atoms with Crippen LogP contribution in [-0.4, -0.2) is 35.9 Å². The highest BCUT2D eigenvalue weighted by atomic mass is 28.4. The zero-order valence-electron chi connectivity index (χ0n) is 15.4. The van der Waals surface area contributed by atoms with Gasteiger partial charge in [-0.2, -0.15) is 0 Å². The topological polar surface area (TPSA) is 69.9 Å². The summed E-state index contributed by atoms with van der Waals surface area (Å²) >= 11 is 0. The average molecular weight is 338 g/mol. The first-order chi connectivity index (χ1) is 10.3. The van der Waals surface area contributed by atoms with Crippen molar-refractivity contribution in [2.24, 2.45) is 5.92 Å². The molecule has 4 nitrogen and oxygen atoms in total. The van der Waals surface area contributed by atoms with Crippen LogP contribution >= 0.6 is 0 Å². The Labute approximate surface area is 141 Å². The largest absolute Gasteiger partial charge is 0.488 e. The number of benzene rings is 1. The van der Waals surface area contributed by atoms with Crippen molar-refractivity contribution < 1.29 is 19.6 Å². The third kappa shape index (κ3) is 5.35. The van der Waals surface area contributed by atoms with E-state index in [9.17, 15) is 4.80 Å². The molecule has 0 radical (unpaired) electrons. The van der Waals surface area contributed by atoms with E-state index < -0.39 is 21.0 Å². The second kappa shape index (κ2) is 6.97. The standard InChI is InChI=1S/C17H31BO4Si/c1-13(12-16(2,3)23(6,7)21)17(4,5)22-15-10-8-14(9-11-15)18(19)20/h8-11,13,19-21H,12H2,1-7H3. The minimum absolute atomic E-state index is 0.0993. The summed E-state index contributed by atoms with van der Waals surface area (Å²) in [5, 5.41) is 18.2. The monoisotopic (exact) mass is 338 g/mol. The Morgan fingerprint density at radius 1 is 1.09 bits per heavy atom. The van der Waals surface area contributed by atoms with Gasteiger partial charge >= 0.3 is 7.12 Å². The van der Waals surface area contributed by atoms with E-state index in [1.807, 2.05) is 13.1 Å². The first kappa shape index (κ1) is 20.2. The summed E-state index contributed by atoms with van der Waals surface area (Å²) in [7, 11) is -3.71. The molecule has 1 aromatic carbocycles. The predicted molar refractivity (Wildman–Crippen MR) is 98.5 cm³/mol. The maximum Gasteiger partial charge on any atom is 0.488 e. The van der Waals surface area contributed by atoms with Gasteiger partial charge in [0, 0.05) is 0 Å². The van der Waals surface area contributed by atoms with Crippen molar-refractivity contribution in [3.05, 3.63) is 24.3 Å². The van der Waals surface area contributed by atoms with Crippen LogP contribution < -0.4 is 10.2 Å². The molecule has 0 amide bonds. The lowest BCUT2D eigenvalue weighted by molar-refractivity contribution is 0.0420. The summed E-state index contributed by atoms with van der Waals surface area (Å²) in [6, 6.07) is 6.79. The average Bonchev–Trinajstić information content (AvgIpc) is 2.36. The van der Waals surface area contributed by atoms with Crippen LogP contribution in [-0.2, 0) is 0 Å². The first-order valence-electron chi connectivity index (χ1n) is 8.14. The van der Waals surface area contributed by atoms with Gasteiger partial charge in [0.15, 0.2) is 8.32 Å². The fraction of sp³-hybridized carbons (Fsp3) is 0.647. The normalized spacial score (nSPS) is 14.5. The van der Waals surface area contributed by atoms with Gasteiger partial charge in [0.05, 0.1) is 0 Å². The Morgan fingerprint density at radius 3 is 1.96 bits per heavy atom. The maximum absolute atomic E-state index is 10.5. The summed E-state index contributed by atoms with van der Waals surface area (Å²) in [5.41, 5.74) is 0.0494. The van der Waals surface area contributed by atoms with Crippen molar-refractivity contribution >= 4 is 20.9 Å². The second-order valence-electron chi connectivity index (χ2n) is 8.20. The Hall–Kier alpha value is -0.818. The van der Waals surface area contributed by atoms with Crippen LogP contribution in [0.5, 0.6) is 5.75 Å². The molecular formula is C17H31BO4Si. The van der Waals surface area contributed by atoms with Crippen LogP contribution in [0, 0.1) is 5.92 Å². The van der Waals surface area contributed by atoms with Crippen molar-refractivity contribution in [1.82, 2.24) is 0 Å². The fourth-order valence-corrected chi connectivity index (χ4v) is 3.18. The smallest absolute Gasteiger partial charge is 0.488 e. The van der Waals surface area contributed by atoms with Gasteiger partial charge in [0.2, 0.25) is 0 Å². The Kier molecular flexibility index (Phi) is 6.13. The molecule has 0 saturated carbocycles. The molecule has 0 bridgehead atoms. The fourth-order valence-electron chi connectivity index (χ4n) is 2.37. The van der Waals surface area contributed by atoms with Crippen molar-refractivity contribution in [3.63, 3.8) is 0 Å². The van der Waals surface area contributed by atoms with Crippen molar-refractivity contribution in [2.45, 2.75) is 64.8 Å². The number of rotatable bonds is 7. The van der Waals surface area contributed by atoms with E-state index in [1.54, 1.807) is 24.3 Å². The lowest BCUT2D eigenvalue weighted by Gasteiger charge is -2.41. The zero-order valence-corrected chi connectivity index (χ0v) is 16.4. The minimum atomic E-state index is -2.25. The Morgan fingerprint density at radius 2 is 1.57 bits per heavy atom. The Balaban J connectivity index is 2.81. The maximum atomic E-state index is 10.5. The third-order valence-electron chi connectivity index (χ3n) is 5.22. The first-order valence-corrected chi connectivity index (χ1v) is 11.1. The van der Waals surface area contributed by atoms with Gasteiger partial charge in [0.1, 0.15) is 11.4 Å². The van der Waals surface area contributed by atoms with Crippen molar-refractivity contribution in [1.29, 1.82) is 0 Å². The lowest BCUT2D eigenvalue weighted by Crippen LogP contribution is -2.44. The van der Waals surface area contributed by atoms with Gasteiger partial charge in [-0.15, -0.1) is 0 Å². The minimum Gasteiger partial charge on any atom is -0.488 e. The molecule has 0 aliphatic carbocycles. The molecule has 6 heteroatoms. The molecule has 0 saturated heterocycles. The van der Waals surface area contributed by atoms with E-state index in [0.717, 1.165) is 6.42 Å². The number of hydrogen-bond donors (Lipinski definition) is 3. The Bertz CT molecular complexity index is 506. The number of hydrogen-bond acceptors (Lipinski definition) is 4. The molecule has 0 spiro atoms. The summed E-state index contributed by atoms with van der Waals surface area (Å²) in [5.74, 6) is 0.948. The molecule has 1 rings (SSSR count). The molecule has 1 unspecified atom stereocenters. The van der Waals surface area contributed by atoms with Crippen molar-refractivity contribution in [3.8, 4) is 5.75 Å². The zero-order chi connectivity index (χ0) is 18.1. The van der Waals surface area contributed by atoms with Crippen LogP contribution in [0.15, 0.2) is 24.3 Å². The molecule has 1 aromatic rings. The highest BCUT2D eigenvalue weighted by Gasteiger charge is 2.42. The highest BCUT2D eigenvalue weighted by molar-refractivity contribution is 6.72. The van der Waals surface area contributed by atoms with Gasteiger partial charge in [-0.1, -0.05) is 32.9 Å². The quantitative estimate of drug-likeness (QED) is 0.668. The van der Waals surface area contributed by atoms with E-state index in [4.69, 9.17) is 14.8 Å². The molecule has 0 fully saturated rings. The molecule has 0 aliphatic heterocycles. The van der Waals surface area contributed by atoms with Crippen molar-refractivity contribution in [2.75, 3.05) is 0 Å². The summed E-state index contributed by atoms with van der Waals surface area (Å²) in [6.07, 6.45) is 0.878. The van der Waals surface area contributed by atoms with E-state index in [2.05, 4.69) is 34.6 Å². The van der Waals surface area contributed by atoms with Crippen LogP contribution in [0.3, 0.4) is 0 Å². The molecule has 0 aliphatic rings. The van der Waals surface area contributed by atoms with Gasteiger partial charge in [-0.05, 0) is 61.9 Å². The molecule has 0 aromatic heterocycles. The van der Waals surface area contributed by atoms with Crippen LogP contribution in [0.2, 0.25) is 18.1 Å². The predicted octanol–water partition coefficient (Wildman–Crippen LogP) is 2.53. The van der Waals surface area contributed by atoms with Crippen LogP contribution in [0.1, 0.15) is 41.0 Å². The molecule has 0 heterocycles. The number of ether oxygens (including phenoxy) is 1. The van der Waals surface area contributed by atoms with Gasteiger partial charge in [-0.3, -0.25) is 0 Å². The molecule has 3 N–H and O–H groups in total. The molecular weight excluding hydrogens is 307 g/mol. The molecule has 23 heavy (non-hydrogen) atoms. The third-order valence-corrected chi connectivity index (χ3v) is 8.74. The SMILES string of the molecule is CC(CC(C)(C)[Si](C)(C)O)C(C)(C)Oc1ccc(B(O)O)cc1. The van der Waals surface area contributed by atoms with Gasteiger partial charge in [0.25, 0.3) is 0 Å². The van der Waals surface area contributed by atoms with E-state index >= 15 is 0 Å². The molecule has 1 atom stereocenters. The van der Waals surface area contributed by atoms with E-state index in [-0.39, 0.29) is 11.0 Å². The van der Waals surface area contributed by atoms with Crippen LogP contribution in [0.25, 0.3) is 0 Å². The second-order valence-corrected chi connectivity index (χ2v) is 12.7.